The van der Waals surface area contributed by atoms with Gasteiger partial charge in [0, 0.05) is 59.6 Å². The summed E-state index contributed by atoms with van der Waals surface area (Å²) in [4.78, 5) is 19.6. The molecule has 1 saturated carbocycles. The Morgan fingerprint density at radius 1 is 1.11 bits per heavy atom. The van der Waals surface area contributed by atoms with Gasteiger partial charge in [-0.1, -0.05) is 0 Å². The van der Waals surface area contributed by atoms with Gasteiger partial charge in [0.15, 0.2) is 0 Å². The molecule has 146 valence electrons. The SMILES string of the molecule is CSc1ccc(N2CCC3(CC2)CC3)c(-c2cn(C)c(=O)c3[nH]cc(C)c23)c1. The molecule has 0 unspecified atom stereocenters. The minimum Gasteiger partial charge on any atom is -0.371 e. The fraction of sp³-hybridized carbons (Fsp3) is 0.435. The van der Waals surface area contributed by atoms with Crippen LogP contribution in [-0.4, -0.2) is 28.9 Å². The largest absolute Gasteiger partial charge is 0.371 e. The molecule has 0 amide bonds. The van der Waals surface area contributed by atoms with Gasteiger partial charge in [-0.05, 0) is 68.0 Å². The van der Waals surface area contributed by atoms with Gasteiger partial charge in [0.2, 0.25) is 0 Å². The van der Waals surface area contributed by atoms with Gasteiger partial charge in [0.05, 0.1) is 0 Å². The first-order chi connectivity index (χ1) is 13.5. The van der Waals surface area contributed by atoms with Crippen LogP contribution in [0.4, 0.5) is 5.69 Å². The summed E-state index contributed by atoms with van der Waals surface area (Å²) in [5.74, 6) is 0. The third kappa shape index (κ3) is 2.79. The Kier molecular flexibility index (Phi) is 4.13. The molecule has 1 aliphatic carbocycles. The third-order valence-corrected chi connectivity index (χ3v) is 7.54. The lowest BCUT2D eigenvalue weighted by Crippen LogP contribution is -2.34. The van der Waals surface area contributed by atoms with Crippen molar-refractivity contribution in [2.75, 3.05) is 24.2 Å². The standard InChI is InChI=1S/C23H27N3OS/c1-15-13-24-21-20(15)18(14-25(2)22(21)27)17-12-16(28-3)4-5-19(17)26-10-8-23(6-7-23)9-11-26/h4-5,12-14,24H,6-11H2,1-3H3. The number of aromatic nitrogens is 2. The Morgan fingerprint density at radius 3 is 2.54 bits per heavy atom. The van der Waals surface area contributed by atoms with Crippen LogP contribution in [0.5, 0.6) is 0 Å². The van der Waals surface area contributed by atoms with Crippen molar-refractivity contribution in [1.82, 2.24) is 9.55 Å². The maximum absolute atomic E-state index is 12.6. The summed E-state index contributed by atoms with van der Waals surface area (Å²) in [5, 5.41) is 1.05. The lowest BCUT2D eigenvalue weighted by Gasteiger charge is -2.35. The van der Waals surface area contributed by atoms with Crippen LogP contribution >= 0.6 is 11.8 Å². The highest BCUT2D eigenvalue weighted by molar-refractivity contribution is 7.98. The van der Waals surface area contributed by atoms with Crippen molar-refractivity contribution in [3.05, 3.63) is 46.5 Å². The second-order valence-electron chi connectivity index (χ2n) is 8.55. The first-order valence-electron chi connectivity index (χ1n) is 10.1. The van der Waals surface area contributed by atoms with E-state index in [4.69, 9.17) is 0 Å². The maximum Gasteiger partial charge on any atom is 0.274 e. The number of rotatable bonds is 3. The van der Waals surface area contributed by atoms with Crippen LogP contribution in [0, 0.1) is 12.3 Å². The Hall–Kier alpha value is -2.14. The lowest BCUT2D eigenvalue weighted by atomic mass is 9.92. The van der Waals surface area contributed by atoms with Crippen molar-refractivity contribution in [3.63, 3.8) is 0 Å². The average Bonchev–Trinajstić information content (AvgIpc) is 3.35. The van der Waals surface area contributed by atoms with Crippen molar-refractivity contribution in [2.45, 2.75) is 37.5 Å². The van der Waals surface area contributed by atoms with Crippen LogP contribution in [-0.2, 0) is 7.05 Å². The highest BCUT2D eigenvalue weighted by atomic mass is 32.2. The van der Waals surface area contributed by atoms with E-state index in [0.717, 1.165) is 29.6 Å². The number of H-pyrrole nitrogens is 1. The van der Waals surface area contributed by atoms with Crippen LogP contribution in [0.3, 0.4) is 0 Å². The van der Waals surface area contributed by atoms with E-state index in [2.05, 4.69) is 41.3 Å². The minimum atomic E-state index is 0.0306. The second kappa shape index (κ2) is 6.45. The Balaban J connectivity index is 1.69. The highest BCUT2D eigenvalue weighted by Crippen LogP contribution is 2.54. The molecule has 4 nitrogen and oxygen atoms in total. The smallest absolute Gasteiger partial charge is 0.274 e. The van der Waals surface area contributed by atoms with Gasteiger partial charge >= 0.3 is 0 Å². The molecule has 0 bridgehead atoms. The van der Waals surface area contributed by atoms with Crippen LogP contribution in [0.1, 0.15) is 31.2 Å². The molecule has 3 heterocycles. The molecule has 5 rings (SSSR count). The third-order valence-electron chi connectivity index (χ3n) is 6.82. The van der Waals surface area contributed by atoms with Crippen molar-refractivity contribution >= 4 is 28.4 Å². The van der Waals surface area contributed by atoms with E-state index in [9.17, 15) is 4.79 Å². The van der Waals surface area contributed by atoms with E-state index in [1.54, 1.807) is 16.3 Å². The molecule has 1 aromatic carbocycles. The first kappa shape index (κ1) is 17.9. The van der Waals surface area contributed by atoms with Crippen molar-refractivity contribution < 1.29 is 0 Å². The molecule has 1 aliphatic heterocycles. The minimum absolute atomic E-state index is 0.0306. The number of aromatic amines is 1. The quantitative estimate of drug-likeness (QED) is 0.641. The van der Waals surface area contributed by atoms with E-state index in [1.807, 2.05) is 19.4 Å². The second-order valence-corrected chi connectivity index (χ2v) is 9.43. The summed E-state index contributed by atoms with van der Waals surface area (Å²) in [5.41, 5.74) is 6.21. The van der Waals surface area contributed by atoms with Gasteiger partial charge in [-0.15, -0.1) is 11.8 Å². The fourth-order valence-corrected chi connectivity index (χ4v) is 5.21. The zero-order valence-corrected chi connectivity index (χ0v) is 17.7. The van der Waals surface area contributed by atoms with Gasteiger partial charge in [-0.25, -0.2) is 0 Å². The summed E-state index contributed by atoms with van der Waals surface area (Å²) < 4.78 is 1.71. The number of fused-ring (bicyclic) bond motifs is 1. The van der Waals surface area contributed by atoms with Gasteiger partial charge < -0.3 is 14.5 Å². The first-order valence-corrected chi connectivity index (χ1v) is 11.3. The maximum atomic E-state index is 12.6. The van der Waals surface area contributed by atoms with Gasteiger partial charge in [0.25, 0.3) is 5.56 Å². The van der Waals surface area contributed by atoms with E-state index < -0.39 is 0 Å². The van der Waals surface area contributed by atoms with E-state index >= 15 is 0 Å². The van der Waals surface area contributed by atoms with Crippen molar-refractivity contribution in [2.24, 2.45) is 12.5 Å². The van der Waals surface area contributed by atoms with Crippen LogP contribution in [0.25, 0.3) is 22.0 Å². The summed E-state index contributed by atoms with van der Waals surface area (Å²) in [6, 6.07) is 6.81. The number of nitrogens with zero attached hydrogens (tertiary/aromatic N) is 2. The number of anilines is 1. The van der Waals surface area contributed by atoms with Crippen molar-refractivity contribution in [3.8, 4) is 11.1 Å². The molecule has 1 spiro atoms. The fourth-order valence-electron chi connectivity index (χ4n) is 4.77. The Morgan fingerprint density at radius 2 is 1.86 bits per heavy atom. The van der Waals surface area contributed by atoms with Crippen LogP contribution in [0.2, 0.25) is 0 Å². The molecule has 28 heavy (non-hydrogen) atoms. The monoisotopic (exact) mass is 393 g/mol. The van der Waals surface area contributed by atoms with Crippen molar-refractivity contribution in [1.29, 1.82) is 0 Å². The highest BCUT2D eigenvalue weighted by Gasteiger charge is 2.44. The van der Waals surface area contributed by atoms with E-state index in [0.29, 0.717) is 10.9 Å². The number of aryl methyl sites for hydroxylation is 2. The number of hydrogen-bond acceptors (Lipinski definition) is 3. The molecule has 2 aliphatic rings. The molecule has 2 fully saturated rings. The van der Waals surface area contributed by atoms with E-state index in [-0.39, 0.29) is 5.56 Å². The summed E-state index contributed by atoms with van der Waals surface area (Å²) >= 11 is 1.77. The molecule has 5 heteroatoms. The molecule has 1 saturated heterocycles. The zero-order valence-electron chi connectivity index (χ0n) is 16.8. The normalized spacial score (nSPS) is 18.2. The number of nitrogens with one attached hydrogen (secondary N) is 1. The van der Waals surface area contributed by atoms with Gasteiger partial charge in [0.1, 0.15) is 5.52 Å². The van der Waals surface area contributed by atoms with Gasteiger partial charge in [-0.3, -0.25) is 4.79 Å². The molecule has 1 N–H and O–H groups in total. The predicted molar refractivity (Wildman–Crippen MR) is 119 cm³/mol. The molecule has 0 atom stereocenters. The lowest BCUT2D eigenvalue weighted by molar-refractivity contribution is 0.384. The van der Waals surface area contributed by atoms with E-state index in [1.165, 1.54) is 41.8 Å². The molecule has 2 aromatic heterocycles. The van der Waals surface area contributed by atoms with Gasteiger partial charge in [-0.2, -0.15) is 0 Å². The number of thioether (sulfide) groups is 1. The number of benzene rings is 1. The number of piperidine rings is 1. The van der Waals surface area contributed by atoms with Crippen LogP contribution < -0.4 is 10.5 Å². The molecular formula is C23H27N3OS. The summed E-state index contributed by atoms with van der Waals surface area (Å²) in [6.45, 7) is 4.34. The predicted octanol–water partition coefficient (Wildman–Crippen LogP) is 4.94. The molecule has 0 radical (unpaired) electrons. The average molecular weight is 394 g/mol. The number of pyridine rings is 1. The molecule has 3 aromatic rings. The topological polar surface area (TPSA) is 41.0 Å². The Bertz CT molecular complexity index is 1110. The molecular weight excluding hydrogens is 366 g/mol. The zero-order chi connectivity index (χ0) is 19.5. The number of hydrogen-bond donors (Lipinski definition) is 1. The summed E-state index contributed by atoms with van der Waals surface area (Å²) in [7, 11) is 1.84. The Labute approximate surface area is 169 Å². The van der Waals surface area contributed by atoms with Crippen LogP contribution in [0.15, 0.2) is 40.3 Å². The summed E-state index contributed by atoms with van der Waals surface area (Å²) in [6.07, 6.45) is 11.5.